The molecule has 106 valence electrons. The fraction of sp³-hybridized carbons (Fsp3) is 0.0769. The first-order valence-corrected chi connectivity index (χ1v) is 17.5. The zero-order valence-electron chi connectivity index (χ0n) is 10.6. The predicted molar refractivity (Wildman–Crippen MR) is 80.9 cm³/mol. The van der Waals surface area contributed by atoms with Gasteiger partial charge in [0.1, 0.15) is 5.82 Å². The molecule has 0 unspecified atom stereocenters. The van der Waals surface area contributed by atoms with Crippen LogP contribution in [0.15, 0.2) is 48.7 Å². The van der Waals surface area contributed by atoms with Crippen LogP contribution in [0.2, 0.25) is 0 Å². The average Bonchev–Trinajstić information content (AvgIpc) is 2.39. The van der Waals surface area contributed by atoms with Gasteiger partial charge in [0.2, 0.25) is 0 Å². The SMILES string of the molecule is Cc1ccnc(NC(=O)c2ccccc2)c1.[Cl][Ta]([Cl])[Cl]. The van der Waals surface area contributed by atoms with Crippen molar-refractivity contribution < 1.29 is 20.0 Å². The molecule has 0 aliphatic heterocycles. The van der Waals surface area contributed by atoms with Gasteiger partial charge >= 0.3 is 42.8 Å². The van der Waals surface area contributed by atoms with Crippen LogP contribution >= 0.6 is 27.6 Å². The number of aryl methyl sites for hydroxylation is 1. The third-order valence-corrected chi connectivity index (χ3v) is 2.19. The number of rotatable bonds is 2. The van der Waals surface area contributed by atoms with Gasteiger partial charge in [0.05, 0.1) is 0 Å². The van der Waals surface area contributed by atoms with Crippen LogP contribution in [0.25, 0.3) is 0 Å². The molecule has 0 fully saturated rings. The van der Waals surface area contributed by atoms with E-state index in [4.69, 9.17) is 27.6 Å². The van der Waals surface area contributed by atoms with E-state index in [-0.39, 0.29) is 5.91 Å². The summed E-state index contributed by atoms with van der Waals surface area (Å²) in [5.41, 5.74) is 1.70. The average molecular weight is 500 g/mol. The number of halogens is 3. The molecule has 1 aromatic carbocycles. The Bertz CT molecular complexity index is 550. The number of nitrogens with zero attached hydrogens (tertiary/aromatic N) is 1. The van der Waals surface area contributed by atoms with E-state index >= 15 is 0 Å². The van der Waals surface area contributed by atoms with Crippen molar-refractivity contribution in [2.75, 3.05) is 5.32 Å². The summed E-state index contributed by atoms with van der Waals surface area (Å²) in [6.07, 6.45) is 1.68. The van der Waals surface area contributed by atoms with Crippen LogP contribution in [0, 0.1) is 6.92 Å². The molecule has 20 heavy (non-hydrogen) atoms. The second kappa shape index (κ2) is 9.40. The number of pyridine rings is 1. The summed E-state index contributed by atoms with van der Waals surface area (Å²) in [6, 6.07) is 12.8. The number of carbonyl (C=O) groups excluding carboxylic acids is 1. The molecule has 0 bridgehead atoms. The van der Waals surface area contributed by atoms with Crippen molar-refractivity contribution >= 4 is 39.3 Å². The van der Waals surface area contributed by atoms with Crippen LogP contribution in [-0.4, -0.2) is 10.9 Å². The number of benzene rings is 1. The molecule has 2 rings (SSSR count). The number of hydrogen-bond acceptors (Lipinski definition) is 2. The van der Waals surface area contributed by atoms with Gasteiger partial charge in [0, 0.05) is 11.8 Å². The summed E-state index contributed by atoms with van der Waals surface area (Å²) in [5, 5.41) is 2.75. The molecule has 1 N–H and O–H groups in total. The summed E-state index contributed by atoms with van der Waals surface area (Å²) >= 11 is -2.18. The Balaban J connectivity index is 0.000000444. The monoisotopic (exact) mass is 498 g/mol. The van der Waals surface area contributed by atoms with Crippen molar-refractivity contribution in [1.82, 2.24) is 4.98 Å². The van der Waals surface area contributed by atoms with E-state index < -0.39 is 15.2 Å². The van der Waals surface area contributed by atoms with Gasteiger partial charge in [-0.15, -0.1) is 0 Å². The van der Waals surface area contributed by atoms with Gasteiger partial charge in [0.15, 0.2) is 0 Å². The van der Waals surface area contributed by atoms with Gasteiger partial charge in [-0.3, -0.25) is 4.79 Å². The van der Waals surface area contributed by atoms with E-state index in [0.717, 1.165) is 5.56 Å². The van der Waals surface area contributed by atoms with Crippen LogP contribution in [0.3, 0.4) is 0 Å². The fourth-order valence-corrected chi connectivity index (χ4v) is 1.38. The van der Waals surface area contributed by atoms with Crippen molar-refractivity contribution in [3.63, 3.8) is 0 Å². The molecule has 1 aromatic heterocycles. The summed E-state index contributed by atoms with van der Waals surface area (Å²) in [5.74, 6) is 0.438. The number of hydrogen-bond donors (Lipinski definition) is 1. The normalized spacial score (nSPS) is 9.65. The van der Waals surface area contributed by atoms with E-state index in [0.29, 0.717) is 11.4 Å². The van der Waals surface area contributed by atoms with Crippen LogP contribution in [0.1, 0.15) is 15.9 Å². The van der Waals surface area contributed by atoms with Crippen molar-refractivity contribution in [1.29, 1.82) is 0 Å². The maximum atomic E-state index is 11.8. The topological polar surface area (TPSA) is 42.0 Å². The first-order valence-electron chi connectivity index (χ1n) is 5.55. The minimum atomic E-state index is -2.18. The van der Waals surface area contributed by atoms with Gasteiger partial charge < -0.3 is 5.32 Å². The van der Waals surface area contributed by atoms with E-state index in [1.54, 1.807) is 18.3 Å². The number of nitrogens with one attached hydrogen (secondary N) is 1. The molecule has 2 aromatic rings. The summed E-state index contributed by atoms with van der Waals surface area (Å²) in [4.78, 5) is 15.8. The number of amides is 1. The van der Waals surface area contributed by atoms with E-state index in [9.17, 15) is 4.79 Å². The number of aromatic nitrogens is 1. The van der Waals surface area contributed by atoms with Crippen LogP contribution in [0.5, 0.6) is 0 Å². The molecule has 1 amide bonds. The summed E-state index contributed by atoms with van der Waals surface area (Å²) in [7, 11) is 15.0. The molecular weight excluding hydrogens is 487 g/mol. The first-order chi connectivity index (χ1) is 9.49. The van der Waals surface area contributed by atoms with Crippen molar-refractivity contribution in [3.8, 4) is 0 Å². The molecule has 0 saturated heterocycles. The Hall–Kier alpha value is -0.550. The third kappa shape index (κ3) is 7.29. The summed E-state index contributed by atoms with van der Waals surface area (Å²) in [6.45, 7) is 1.96. The quantitative estimate of drug-likeness (QED) is 0.651. The van der Waals surface area contributed by atoms with Gasteiger partial charge in [-0.05, 0) is 36.8 Å². The third-order valence-electron chi connectivity index (χ3n) is 2.19. The molecular formula is C13H12Cl3N2OTa. The Morgan fingerprint density at radius 1 is 1.15 bits per heavy atom. The fourth-order valence-electron chi connectivity index (χ4n) is 1.38. The van der Waals surface area contributed by atoms with Gasteiger partial charge in [-0.1, -0.05) is 18.2 Å². The Labute approximate surface area is 135 Å². The number of anilines is 1. The van der Waals surface area contributed by atoms with Crippen LogP contribution in [0.4, 0.5) is 5.82 Å². The zero-order valence-corrected chi connectivity index (χ0v) is 16.0. The molecule has 0 radical (unpaired) electrons. The Kier molecular flexibility index (Phi) is 8.22. The van der Waals surface area contributed by atoms with E-state index in [1.165, 1.54) is 0 Å². The zero-order chi connectivity index (χ0) is 15.0. The molecule has 0 saturated carbocycles. The predicted octanol–water partition coefficient (Wildman–Crippen LogP) is 4.71. The Morgan fingerprint density at radius 3 is 2.30 bits per heavy atom. The number of carbonyl (C=O) groups is 1. The van der Waals surface area contributed by atoms with Gasteiger partial charge in [0.25, 0.3) is 5.91 Å². The molecule has 1 heterocycles. The van der Waals surface area contributed by atoms with Crippen LogP contribution < -0.4 is 5.32 Å². The van der Waals surface area contributed by atoms with E-state index in [2.05, 4.69) is 10.3 Å². The van der Waals surface area contributed by atoms with Gasteiger partial charge in [-0.2, -0.15) is 0 Å². The molecule has 0 aliphatic carbocycles. The second-order valence-electron chi connectivity index (χ2n) is 3.73. The standard InChI is InChI=1S/C13H12N2O.3ClH.Ta/c1-10-7-8-14-12(9-10)15-13(16)11-5-3-2-4-6-11;;;;/h2-9H,1H3,(H,14,15,16);3*1H;/q;;;;+3/p-3. The second-order valence-corrected chi connectivity index (χ2v) is 17.7. The maximum absolute atomic E-state index is 11.8. The van der Waals surface area contributed by atoms with E-state index in [1.807, 2.05) is 37.3 Å². The van der Waals surface area contributed by atoms with Crippen LogP contribution in [-0.2, 0) is 15.2 Å². The Morgan fingerprint density at radius 2 is 1.75 bits per heavy atom. The molecule has 0 spiro atoms. The molecule has 7 heteroatoms. The van der Waals surface area contributed by atoms with Crippen molar-refractivity contribution in [3.05, 3.63) is 59.8 Å². The molecule has 0 aliphatic rings. The molecule has 0 atom stereocenters. The van der Waals surface area contributed by atoms with Gasteiger partial charge in [-0.25, -0.2) is 4.98 Å². The summed E-state index contributed by atoms with van der Waals surface area (Å²) < 4.78 is 0. The molecule has 3 nitrogen and oxygen atoms in total. The first kappa shape index (κ1) is 17.5. The van der Waals surface area contributed by atoms with Crippen molar-refractivity contribution in [2.24, 2.45) is 0 Å². The minimum absolute atomic E-state index is 0.140. The van der Waals surface area contributed by atoms with Crippen molar-refractivity contribution in [2.45, 2.75) is 6.92 Å².